The van der Waals surface area contributed by atoms with Crippen molar-refractivity contribution < 1.29 is 19.8 Å². The molecule has 0 heterocycles. The summed E-state index contributed by atoms with van der Waals surface area (Å²) in [6.07, 6.45) is 3.78. The third-order valence-electron chi connectivity index (χ3n) is 3.37. The molecule has 2 amide bonds. The first-order valence-electron chi connectivity index (χ1n) is 6.45. The molecule has 0 radical (unpaired) electrons. The molecule has 0 aromatic carbocycles. The Labute approximate surface area is 107 Å². The Balaban J connectivity index is 2.73. The van der Waals surface area contributed by atoms with E-state index >= 15 is 0 Å². The highest BCUT2D eigenvalue weighted by Gasteiger charge is 2.45. The summed E-state index contributed by atoms with van der Waals surface area (Å²) < 4.78 is 0. The molecule has 1 fully saturated rings. The second kappa shape index (κ2) is 7.33. The highest BCUT2D eigenvalue weighted by molar-refractivity contribution is 6.05. The SMILES string of the molecule is O=C(NCCO)C1(C(=O)NCCO)CCCCC1. The lowest BCUT2D eigenvalue weighted by Gasteiger charge is -2.34. The molecule has 104 valence electrons. The van der Waals surface area contributed by atoms with Crippen LogP contribution in [-0.4, -0.2) is 48.3 Å². The number of hydrogen-bond acceptors (Lipinski definition) is 4. The van der Waals surface area contributed by atoms with Crippen molar-refractivity contribution in [3.05, 3.63) is 0 Å². The average molecular weight is 258 g/mol. The molecule has 18 heavy (non-hydrogen) atoms. The van der Waals surface area contributed by atoms with Crippen LogP contribution in [0.15, 0.2) is 0 Å². The van der Waals surface area contributed by atoms with E-state index in [1.165, 1.54) is 0 Å². The third kappa shape index (κ3) is 3.43. The van der Waals surface area contributed by atoms with Gasteiger partial charge in [-0.2, -0.15) is 0 Å². The first-order valence-corrected chi connectivity index (χ1v) is 6.45. The fourth-order valence-corrected chi connectivity index (χ4v) is 2.39. The number of aliphatic hydroxyl groups excluding tert-OH is 2. The summed E-state index contributed by atoms with van der Waals surface area (Å²) in [6, 6.07) is 0. The number of rotatable bonds is 6. The predicted molar refractivity (Wildman–Crippen MR) is 65.7 cm³/mol. The van der Waals surface area contributed by atoms with Gasteiger partial charge >= 0.3 is 0 Å². The molecule has 0 saturated heterocycles. The Morgan fingerprint density at radius 3 is 1.72 bits per heavy atom. The van der Waals surface area contributed by atoms with Crippen LogP contribution in [0.4, 0.5) is 0 Å². The van der Waals surface area contributed by atoms with Gasteiger partial charge in [-0.05, 0) is 12.8 Å². The number of amides is 2. The lowest BCUT2D eigenvalue weighted by atomic mass is 9.72. The molecule has 4 N–H and O–H groups in total. The van der Waals surface area contributed by atoms with Crippen molar-refractivity contribution in [2.45, 2.75) is 32.1 Å². The average Bonchev–Trinajstić information content (AvgIpc) is 2.42. The highest BCUT2D eigenvalue weighted by Crippen LogP contribution is 2.36. The van der Waals surface area contributed by atoms with Gasteiger partial charge in [0.25, 0.3) is 0 Å². The lowest BCUT2D eigenvalue weighted by molar-refractivity contribution is -0.146. The van der Waals surface area contributed by atoms with Gasteiger partial charge in [-0.25, -0.2) is 0 Å². The zero-order valence-electron chi connectivity index (χ0n) is 10.6. The third-order valence-corrected chi connectivity index (χ3v) is 3.37. The van der Waals surface area contributed by atoms with Crippen molar-refractivity contribution in [3.63, 3.8) is 0 Å². The minimum absolute atomic E-state index is 0.139. The molecule has 0 aromatic heterocycles. The van der Waals surface area contributed by atoms with E-state index in [1.807, 2.05) is 0 Å². The molecule has 1 rings (SSSR count). The zero-order chi connectivity index (χ0) is 13.4. The van der Waals surface area contributed by atoms with E-state index in [9.17, 15) is 9.59 Å². The first-order chi connectivity index (χ1) is 8.67. The fourth-order valence-electron chi connectivity index (χ4n) is 2.39. The minimum Gasteiger partial charge on any atom is -0.395 e. The Morgan fingerprint density at radius 2 is 1.33 bits per heavy atom. The summed E-state index contributed by atoms with van der Waals surface area (Å²) in [5.74, 6) is -0.627. The topological polar surface area (TPSA) is 98.7 Å². The fraction of sp³-hybridized carbons (Fsp3) is 0.833. The van der Waals surface area contributed by atoms with Gasteiger partial charge < -0.3 is 20.8 Å². The van der Waals surface area contributed by atoms with Gasteiger partial charge in [0.2, 0.25) is 11.8 Å². The number of hydrogen-bond donors (Lipinski definition) is 4. The van der Waals surface area contributed by atoms with Gasteiger partial charge in [0, 0.05) is 13.1 Å². The summed E-state index contributed by atoms with van der Waals surface area (Å²) in [5, 5.41) is 22.6. The Morgan fingerprint density at radius 1 is 0.889 bits per heavy atom. The molecule has 0 atom stereocenters. The van der Waals surface area contributed by atoms with E-state index in [1.54, 1.807) is 0 Å². The minimum atomic E-state index is -1.03. The van der Waals surface area contributed by atoms with Gasteiger partial charge in [-0.3, -0.25) is 9.59 Å². The summed E-state index contributed by atoms with van der Waals surface area (Å²) in [5.41, 5.74) is -1.03. The molecule has 1 aliphatic rings. The van der Waals surface area contributed by atoms with E-state index in [0.717, 1.165) is 19.3 Å². The summed E-state index contributed by atoms with van der Waals surface area (Å²) in [4.78, 5) is 24.3. The maximum atomic E-state index is 12.1. The second-order valence-corrected chi connectivity index (χ2v) is 4.60. The van der Waals surface area contributed by atoms with Crippen LogP contribution in [0.25, 0.3) is 0 Å². The number of carbonyl (C=O) groups excluding carboxylic acids is 2. The van der Waals surface area contributed by atoms with Crippen LogP contribution in [0, 0.1) is 5.41 Å². The van der Waals surface area contributed by atoms with Crippen molar-refractivity contribution in [1.82, 2.24) is 10.6 Å². The van der Waals surface area contributed by atoms with Gasteiger partial charge in [-0.1, -0.05) is 19.3 Å². The monoisotopic (exact) mass is 258 g/mol. The number of aliphatic hydroxyl groups is 2. The number of carbonyl (C=O) groups is 2. The van der Waals surface area contributed by atoms with Crippen LogP contribution >= 0.6 is 0 Å². The van der Waals surface area contributed by atoms with E-state index in [4.69, 9.17) is 10.2 Å². The van der Waals surface area contributed by atoms with E-state index in [-0.39, 0.29) is 38.1 Å². The van der Waals surface area contributed by atoms with E-state index in [2.05, 4.69) is 10.6 Å². The molecule has 0 spiro atoms. The van der Waals surface area contributed by atoms with Crippen LogP contribution in [0.5, 0.6) is 0 Å². The summed E-state index contributed by atoms with van der Waals surface area (Å²) >= 11 is 0. The van der Waals surface area contributed by atoms with Crippen LogP contribution in [-0.2, 0) is 9.59 Å². The molecule has 6 nitrogen and oxygen atoms in total. The van der Waals surface area contributed by atoms with Gasteiger partial charge in [0.05, 0.1) is 13.2 Å². The van der Waals surface area contributed by atoms with Crippen molar-refractivity contribution >= 4 is 11.8 Å². The van der Waals surface area contributed by atoms with Crippen molar-refractivity contribution in [1.29, 1.82) is 0 Å². The number of nitrogens with one attached hydrogen (secondary N) is 2. The van der Waals surface area contributed by atoms with Crippen molar-refractivity contribution in [3.8, 4) is 0 Å². The summed E-state index contributed by atoms with van der Waals surface area (Å²) in [6.45, 7) is 0.0435. The van der Waals surface area contributed by atoms with Gasteiger partial charge in [0.1, 0.15) is 5.41 Å². The molecule has 0 bridgehead atoms. The van der Waals surface area contributed by atoms with Crippen LogP contribution < -0.4 is 10.6 Å². The maximum Gasteiger partial charge on any atom is 0.235 e. The lowest BCUT2D eigenvalue weighted by Crippen LogP contribution is -2.53. The summed E-state index contributed by atoms with van der Waals surface area (Å²) in [7, 11) is 0. The molecular weight excluding hydrogens is 236 g/mol. The Bertz CT molecular complexity index is 266. The molecule has 1 aliphatic carbocycles. The van der Waals surface area contributed by atoms with Gasteiger partial charge in [-0.15, -0.1) is 0 Å². The first kappa shape index (κ1) is 14.9. The van der Waals surface area contributed by atoms with Crippen LogP contribution in [0.1, 0.15) is 32.1 Å². The quantitative estimate of drug-likeness (QED) is 0.467. The van der Waals surface area contributed by atoms with Crippen LogP contribution in [0.2, 0.25) is 0 Å². The molecule has 0 aromatic rings. The largest absolute Gasteiger partial charge is 0.395 e. The van der Waals surface area contributed by atoms with Crippen LogP contribution in [0.3, 0.4) is 0 Å². The van der Waals surface area contributed by atoms with Crippen molar-refractivity contribution in [2.24, 2.45) is 5.41 Å². The van der Waals surface area contributed by atoms with Crippen molar-refractivity contribution in [2.75, 3.05) is 26.3 Å². The van der Waals surface area contributed by atoms with E-state index < -0.39 is 5.41 Å². The predicted octanol–water partition coefficient (Wildman–Crippen LogP) is -0.846. The Hall–Kier alpha value is -1.14. The van der Waals surface area contributed by atoms with E-state index in [0.29, 0.717) is 12.8 Å². The molecular formula is C12H22N2O4. The smallest absolute Gasteiger partial charge is 0.235 e. The highest BCUT2D eigenvalue weighted by atomic mass is 16.3. The standard InChI is InChI=1S/C12H22N2O4/c15-8-6-13-10(17)12(4-2-1-3-5-12)11(18)14-7-9-16/h15-16H,1-9H2,(H,13,17)(H,14,18). The second-order valence-electron chi connectivity index (χ2n) is 4.60. The molecule has 1 saturated carbocycles. The molecule has 0 unspecified atom stereocenters. The Kier molecular flexibility index (Phi) is 6.07. The zero-order valence-corrected chi connectivity index (χ0v) is 10.6. The molecule has 6 heteroatoms. The normalized spacial score (nSPS) is 18.1. The van der Waals surface area contributed by atoms with Gasteiger partial charge in [0.15, 0.2) is 0 Å². The maximum absolute atomic E-state index is 12.1. The molecule has 0 aliphatic heterocycles.